The lowest BCUT2D eigenvalue weighted by molar-refractivity contribution is 0.352. The summed E-state index contributed by atoms with van der Waals surface area (Å²) in [5.41, 5.74) is 3.56. The molecule has 1 aliphatic rings. The molecule has 0 amide bonds. The Morgan fingerprint density at radius 1 is 1.35 bits per heavy atom. The predicted molar refractivity (Wildman–Crippen MR) is 65.3 cm³/mol. The van der Waals surface area contributed by atoms with E-state index >= 15 is 0 Å². The van der Waals surface area contributed by atoms with Crippen LogP contribution in [0.15, 0.2) is 6.20 Å². The van der Waals surface area contributed by atoms with Crippen molar-refractivity contribution >= 4 is 11.0 Å². The van der Waals surface area contributed by atoms with Crippen LogP contribution in [0.3, 0.4) is 0 Å². The van der Waals surface area contributed by atoms with Crippen LogP contribution in [0, 0.1) is 0 Å². The number of methoxy groups -OCH3 is 1. The smallest absolute Gasteiger partial charge is 0.318 e. The summed E-state index contributed by atoms with van der Waals surface area (Å²) in [6, 6.07) is 0.422. The van der Waals surface area contributed by atoms with Crippen LogP contribution in [0.4, 0.5) is 0 Å². The van der Waals surface area contributed by atoms with Crippen molar-refractivity contribution in [1.82, 2.24) is 19.9 Å². The summed E-state index contributed by atoms with van der Waals surface area (Å²) in [6.45, 7) is 2.18. The molecule has 3 rings (SSSR count). The van der Waals surface area contributed by atoms with Gasteiger partial charge in [-0.3, -0.25) is 0 Å². The summed E-state index contributed by atoms with van der Waals surface area (Å²) >= 11 is 0. The van der Waals surface area contributed by atoms with E-state index in [2.05, 4.69) is 26.9 Å². The molecule has 1 N–H and O–H groups in total. The molecule has 0 aliphatic carbocycles. The van der Waals surface area contributed by atoms with Crippen LogP contribution in [0.2, 0.25) is 0 Å². The number of ether oxygens (including phenoxy) is 1. The van der Waals surface area contributed by atoms with Crippen molar-refractivity contribution in [3.63, 3.8) is 0 Å². The number of aromatic amines is 1. The molecule has 5 nitrogen and oxygen atoms in total. The van der Waals surface area contributed by atoms with Crippen LogP contribution in [0.1, 0.15) is 11.3 Å². The number of H-pyrrole nitrogens is 1. The number of nitrogens with one attached hydrogen (secondary N) is 1. The van der Waals surface area contributed by atoms with E-state index in [0.29, 0.717) is 6.01 Å². The quantitative estimate of drug-likeness (QED) is 0.797. The summed E-state index contributed by atoms with van der Waals surface area (Å²) < 4.78 is 5.05. The maximum Gasteiger partial charge on any atom is 0.318 e. The van der Waals surface area contributed by atoms with Gasteiger partial charge in [0.2, 0.25) is 0 Å². The Labute approximate surface area is 99.8 Å². The Hall–Kier alpha value is -1.62. The van der Waals surface area contributed by atoms with Gasteiger partial charge in [0.1, 0.15) is 5.65 Å². The highest BCUT2D eigenvalue weighted by Gasteiger charge is 2.17. The minimum atomic E-state index is 0.422. The lowest BCUT2D eigenvalue weighted by Gasteiger charge is -2.11. The first-order valence-corrected chi connectivity index (χ1v) is 5.87. The molecule has 0 radical (unpaired) electrons. The van der Waals surface area contributed by atoms with Crippen molar-refractivity contribution < 1.29 is 4.74 Å². The molecule has 17 heavy (non-hydrogen) atoms. The highest BCUT2D eigenvalue weighted by molar-refractivity contribution is 5.81. The summed E-state index contributed by atoms with van der Waals surface area (Å²) in [7, 11) is 3.75. The molecular weight excluding hydrogens is 216 g/mol. The standard InChI is InChI=1S/C12H16N4O/c1-16-5-3-8-9-7-13-12(17-2)15-11(9)14-10(8)4-6-16/h7H,3-6H2,1-2H3,(H,13,14,15). The second-order valence-corrected chi connectivity index (χ2v) is 4.50. The molecule has 1 aliphatic heterocycles. The third-order valence-electron chi connectivity index (χ3n) is 3.39. The van der Waals surface area contributed by atoms with Crippen LogP contribution in [-0.2, 0) is 12.8 Å². The second kappa shape index (κ2) is 4.00. The molecule has 2 aromatic heterocycles. The molecule has 90 valence electrons. The number of nitrogens with zero attached hydrogens (tertiary/aromatic N) is 3. The topological polar surface area (TPSA) is 54.0 Å². The molecular formula is C12H16N4O. The fourth-order valence-electron chi connectivity index (χ4n) is 2.38. The van der Waals surface area contributed by atoms with E-state index in [1.165, 1.54) is 11.3 Å². The molecule has 2 aromatic rings. The average Bonchev–Trinajstić information content (AvgIpc) is 2.60. The molecule has 0 saturated heterocycles. The fourth-order valence-corrected chi connectivity index (χ4v) is 2.38. The summed E-state index contributed by atoms with van der Waals surface area (Å²) in [5, 5.41) is 1.14. The summed E-state index contributed by atoms with van der Waals surface area (Å²) in [4.78, 5) is 14.3. The largest absolute Gasteiger partial charge is 0.467 e. The molecule has 0 fully saturated rings. The molecule has 0 bridgehead atoms. The van der Waals surface area contributed by atoms with Crippen molar-refractivity contribution in [2.24, 2.45) is 0 Å². The van der Waals surface area contributed by atoms with Crippen LogP contribution in [-0.4, -0.2) is 47.1 Å². The van der Waals surface area contributed by atoms with Crippen LogP contribution in [0.25, 0.3) is 11.0 Å². The molecule has 0 saturated carbocycles. The van der Waals surface area contributed by atoms with Gasteiger partial charge in [-0.25, -0.2) is 4.98 Å². The number of rotatable bonds is 1. The highest BCUT2D eigenvalue weighted by atomic mass is 16.5. The minimum Gasteiger partial charge on any atom is -0.467 e. The van der Waals surface area contributed by atoms with Crippen molar-refractivity contribution in [2.75, 3.05) is 27.2 Å². The Morgan fingerprint density at radius 3 is 3.00 bits per heavy atom. The van der Waals surface area contributed by atoms with Gasteiger partial charge in [-0.1, -0.05) is 0 Å². The Morgan fingerprint density at radius 2 is 2.18 bits per heavy atom. The van der Waals surface area contributed by atoms with E-state index in [4.69, 9.17) is 4.74 Å². The fraction of sp³-hybridized carbons (Fsp3) is 0.500. The first-order chi connectivity index (χ1) is 8.28. The van der Waals surface area contributed by atoms with Crippen LogP contribution < -0.4 is 4.74 Å². The van der Waals surface area contributed by atoms with Gasteiger partial charge in [0.15, 0.2) is 0 Å². The van der Waals surface area contributed by atoms with Gasteiger partial charge in [0.05, 0.1) is 7.11 Å². The van der Waals surface area contributed by atoms with E-state index in [1.54, 1.807) is 7.11 Å². The third-order valence-corrected chi connectivity index (χ3v) is 3.39. The van der Waals surface area contributed by atoms with Crippen molar-refractivity contribution in [1.29, 1.82) is 0 Å². The Balaban J connectivity index is 2.10. The number of hydrogen-bond acceptors (Lipinski definition) is 4. The first kappa shape index (κ1) is 10.5. The second-order valence-electron chi connectivity index (χ2n) is 4.50. The van der Waals surface area contributed by atoms with E-state index in [-0.39, 0.29) is 0 Å². The summed E-state index contributed by atoms with van der Waals surface area (Å²) in [6.07, 6.45) is 3.97. The van der Waals surface area contributed by atoms with Gasteiger partial charge in [0.25, 0.3) is 0 Å². The predicted octanol–water partition coefficient (Wildman–Crippen LogP) is 0.997. The van der Waals surface area contributed by atoms with E-state index in [1.807, 2.05) is 6.20 Å². The number of likely N-dealkylation sites (N-methyl/N-ethyl adjacent to an activating group) is 1. The normalized spacial score (nSPS) is 16.8. The number of hydrogen-bond donors (Lipinski definition) is 1. The van der Waals surface area contributed by atoms with Crippen molar-refractivity contribution in [3.8, 4) is 6.01 Å². The van der Waals surface area contributed by atoms with E-state index in [0.717, 1.165) is 37.0 Å². The van der Waals surface area contributed by atoms with Gasteiger partial charge in [-0.05, 0) is 19.0 Å². The average molecular weight is 232 g/mol. The minimum absolute atomic E-state index is 0.422. The zero-order valence-corrected chi connectivity index (χ0v) is 10.2. The monoisotopic (exact) mass is 232 g/mol. The SMILES string of the molecule is COc1ncc2c3c([nH]c2n1)CCN(C)CC3. The van der Waals surface area contributed by atoms with Crippen LogP contribution in [0.5, 0.6) is 6.01 Å². The molecule has 0 unspecified atom stereocenters. The number of fused-ring (bicyclic) bond motifs is 3. The zero-order valence-electron chi connectivity index (χ0n) is 10.2. The lowest BCUT2D eigenvalue weighted by Crippen LogP contribution is -2.21. The van der Waals surface area contributed by atoms with E-state index < -0.39 is 0 Å². The highest BCUT2D eigenvalue weighted by Crippen LogP contribution is 2.24. The van der Waals surface area contributed by atoms with Crippen LogP contribution >= 0.6 is 0 Å². The van der Waals surface area contributed by atoms with Gasteiger partial charge in [-0.2, -0.15) is 4.98 Å². The van der Waals surface area contributed by atoms with Gasteiger partial charge in [0, 0.05) is 36.8 Å². The Kier molecular flexibility index (Phi) is 2.48. The summed E-state index contributed by atoms with van der Waals surface area (Å²) in [5.74, 6) is 0. The Bertz CT molecular complexity index is 549. The molecule has 5 heteroatoms. The lowest BCUT2D eigenvalue weighted by atomic mass is 10.1. The molecule has 0 atom stereocenters. The van der Waals surface area contributed by atoms with Crippen molar-refractivity contribution in [3.05, 3.63) is 17.5 Å². The van der Waals surface area contributed by atoms with Crippen molar-refractivity contribution in [2.45, 2.75) is 12.8 Å². The maximum absolute atomic E-state index is 5.05. The van der Waals surface area contributed by atoms with Gasteiger partial charge < -0.3 is 14.6 Å². The van der Waals surface area contributed by atoms with Gasteiger partial charge in [-0.15, -0.1) is 0 Å². The number of aromatic nitrogens is 3. The zero-order chi connectivity index (χ0) is 11.8. The molecule has 0 spiro atoms. The molecule has 3 heterocycles. The maximum atomic E-state index is 5.05. The van der Waals surface area contributed by atoms with E-state index in [9.17, 15) is 0 Å². The third kappa shape index (κ3) is 1.76. The van der Waals surface area contributed by atoms with Gasteiger partial charge >= 0.3 is 6.01 Å². The molecule has 0 aromatic carbocycles. The first-order valence-electron chi connectivity index (χ1n) is 5.87.